The van der Waals surface area contributed by atoms with Crippen molar-refractivity contribution in [3.8, 4) is 11.5 Å². The first-order valence-electron chi connectivity index (χ1n) is 9.23. The molecule has 1 aliphatic rings. The third-order valence-corrected chi connectivity index (χ3v) is 5.03. The number of phenols is 1. The highest BCUT2D eigenvalue weighted by molar-refractivity contribution is 8.18. The molecule has 0 saturated carbocycles. The number of aliphatic imine (C=N–C) groups is 1. The van der Waals surface area contributed by atoms with Gasteiger partial charge in [0.25, 0.3) is 0 Å². The van der Waals surface area contributed by atoms with Crippen molar-refractivity contribution in [1.82, 2.24) is 0 Å². The number of hydrogen-bond acceptors (Lipinski definition) is 7. The first kappa shape index (κ1) is 21.4. The van der Waals surface area contributed by atoms with E-state index in [0.29, 0.717) is 28.5 Å². The number of carbonyl (C=O) groups excluding carboxylic acids is 1. The van der Waals surface area contributed by atoms with Gasteiger partial charge < -0.3 is 19.7 Å². The number of carbonyl (C=O) groups is 1. The minimum Gasteiger partial charge on any atom is -0.506 e. The molecule has 6 nitrogen and oxygen atoms in total. The van der Waals surface area contributed by atoms with E-state index in [1.54, 1.807) is 32.1 Å². The second-order valence-electron chi connectivity index (χ2n) is 6.11. The number of rotatable bonds is 6. The van der Waals surface area contributed by atoms with Crippen molar-refractivity contribution in [2.75, 3.05) is 13.2 Å². The van der Waals surface area contributed by atoms with Crippen LogP contribution in [0.15, 0.2) is 63.7 Å². The maximum atomic E-state index is 13.2. The first-order chi connectivity index (χ1) is 14.4. The Bertz CT molecular complexity index is 1040. The number of hydrogen-bond donors (Lipinski definition) is 2. The zero-order chi connectivity index (χ0) is 21.7. The van der Waals surface area contributed by atoms with Gasteiger partial charge >= 0.3 is 5.97 Å². The Kier molecular flexibility index (Phi) is 6.79. The van der Waals surface area contributed by atoms with Gasteiger partial charge in [-0.15, -0.1) is 0 Å². The Morgan fingerprint density at radius 2 is 1.87 bits per heavy atom. The number of nitrogens with zero attached hydrogens (tertiary/aromatic N) is 1. The average molecular weight is 429 g/mol. The van der Waals surface area contributed by atoms with Crippen LogP contribution in [0, 0.1) is 5.82 Å². The molecule has 3 rings (SSSR count). The summed E-state index contributed by atoms with van der Waals surface area (Å²) in [4.78, 5) is 17.2. The van der Waals surface area contributed by atoms with Gasteiger partial charge in [0.2, 0.25) is 0 Å². The van der Waals surface area contributed by atoms with Crippen LogP contribution in [-0.2, 0) is 9.53 Å². The highest BCUT2D eigenvalue weighted by atomic mass is 32.2. The van der Waals surface area contributed by atoms with Gasteiger partial charge in [0.15, 0.2) is 11.5 Å². The number of aliphatic hydroxyl groups is 1. The molecular weight excluding hydrogens is 409 g/mol. The smallest absolute Gasteiger partial charge is 0.344 e. The molecule has 0 aliphatic carbocycles. The summed E-state index contributed by atoms with van der Waals surface area (Å²) in [6, 6.07) is 10.2. The lowest BCUT2D eigenvalue weighted by Crippen LogP contribution is -2.12. The standard InChI is InChI=1S/C22H20FNO5S/c1-3-28-17-11-13(5-10-16(17)25)12-18-20(26)19(22(27)29-4-2)21(30-18)24-15-8-6-14(23)7-9-15/h5-12,25-26H,3-4H2,1-2H3/b18-12+,24-21?. The van der Waals surface area contributed by atoms with Crippen molar-refractivity contribution < 1.29 is 28.9 Å². The summed E-state index contributed by atoms with van der Waals surface area (Å²) in [5.74, 6) is -1.05. The maximum absolute atomic E-state index is 13.2. The fraction of sp³-hybridized carbons (Fsp3) is 0.182. The Morgan fingerprint density at radius 1 is 1.13 bits per heavy atom. The quantitative estimate of drug-likeness (QED) is 0.620. The van der Waals surface area contributed by atoms with E-state index in [-0.39, 0.29) is 28.7 Å². The lowest BCUT2D eigenvalue weighted by atomic mass is 10.1. The molecule has 0 bridgehead atoms. The van der Waals surface area contributed by atoms with Gasteiger partial charge in [-0.05, 0) is 61.9 Å². The number of aromatic hydroxyl groups is 1. The first-order valence-corrected chi connectivity index (χ1v) is 10.0. The molecular formula is C22H20FNO5S. The van der Waals surface area contributed by atoms with Crippen molar-refractivity contribution in [1.29, 1.82) is 0 Å². The SMILES string of the molecule is CCOC(=O)C1=C(O)/C(=C\c2ccc(O)c(OCC)c2)SC1=Nc1ccc(F)cc1. The molecule has 30 heavy (non-hydrogen) atoms. The molecule has 2 aromatic rings. The third kappa shape index (κ3) is 4.83. The Balaban J connectivity index is 2.02. The second kappa shape index (κ2) is 9.49. The molecule has 1 heterocycles. The molecule has 0 saturated heterocycles. The van der Waals surface area contributed by atoms with Crippen LogP contribution in [0.2, 0.25) is 0 Å². The largest absolute Gasteiger partial charge is 0.506 e. The molecule has 0 spiro atoms. The van der Waals surface area contributed by atoms with Crippen LogP contribution < -0.4 is 4.74 Å². The summed E-state index contributed by atoms with van der Waals surface area (Å²) in [5, 5.41) is 20.8. The number of esters is 1. The van der Waals surface area contributed by atoms with Crippen molar-refractivity contribution in [2.24, 2.45) is 4.99 Å². The van der Waals surface area contributed by atoms with Crippen LogP contribution in [0.4, 0.5) is 10.1 Å². The zero-order valence-electron chi connectivity index (χ0n) is 16.4. The molecule has 8 heteroatoms. The molecule has 0 radical (unpaired) electrons. The minimum absolute atomic E-state index is 0.00335. The maximum Gasteiger partial charge on any atom is 0.344 e. The topological polar surface area (TPSA) is 88.4 Å². The van der Waals surface area contributed by atoms with Crippen molar-refractivity contribution >= 4 is 34.5 Å². The average Bonchev–Trinajstić information content (AvgIpc) is 3.01. The van der Waals surface area contributed by atoms with E-state index in [0.717, 1.165) is 11.8 Å². The number of halogens is 1. The highest BCUT2D eigenvalue weighted by Gasteiger charge is 2.33. The van der Waals surface area contributed by atoms with Gasteiger partial charge in [0.1, 0.15) is 22.2 Å². The second-order valence-corrected chi connectivity index (χ2v) is 7.14. The van der Waals surface area contributed by atoms with Crippen LogP contribution in [0.5, 0.6) is 11.5 Å². The lowest BCUT2D eigenvalue weighted by molar-refractivity contribution is -0.138. The van der Waals surface area contributed by atoms with E-state index < -0.39 is 11.8 Å². The van der Waals surface area contributed by atoms with E-state index >= 15 is 0 Å². The van der Waals surface area contributed by atoms with E-state index in [1.807, 2.05) is 0 Å². The van der Waals surface area contributed by atoms with Gasteiger partial charge in [-0.3, -0.25) is 0 Å². The van der Waals surface area contributed by atoms with Gasteiger partial charge in [-0.1, -0.05) is 17.8 Å². The molecule has 0 amide bonds. The van der Waals surface area contributed by atoms with E-state index in [9.17, 15) is 19.4 Å². The summed E-state index contributed by atoms with van der Waals surface area (Å²) >= 11 is 1.09. The summed E-state index contributed by atoms with van der Waals surface area (Å²) in [6.07, 6.45) is 1.65. The predicted octanol–water partition coefficient (Wildman–Crippen LogP) is 5.12. The molecule has 2 N–H and O–H groups in total. The third-order valence-electron chi connectivity index (χ3n) is 4.01. The molecule has 0 unspecified atom stereocenters. The van der Waals surface area contributed by atoms with Gasteiger partial charge in [0.05, 0.1) is 23.8 Å². The van der Waals surface area contributed by atoms with Gasteiger partial charge in [-0.25, -0.2) is 14.2 Å². The molecule has 0 aromatic heterocycles. The summed E-state index contributed by atoms with van der Waals surface area (Å²) in [7, 11) is 0. The number of aliphatic hydroxyl groups excluding tert-OH is 1. The Labute approximate surface area is 177 Å². The number of ether oxygens (including phenoxy) is 2. The monoisotopic (exact) mass is 429 g/mol. The summed E-state index contributed by atoms with van der Waals surface area (Å²) in [5.41, 5.74) is 1.02. The molecule has 156 valence electrons. The fourth-order valence-electron chi connectivity index (χ4n) is 2.67. The van der Waals surface area contributed by atoms with Crippen LogP contribution in [0.3, 0.4) is 0 Å². The summed E-state index contributed by atoms with van der Waals surface area (Å²) < 4.78 is 23.6. The highest BCUT2D eigenvalue weighted by Crippen LogP contribution is 2.41. The van der Waals surface area contributed by atoms with Crippen molar-refractivity contribution in [3.05, 3.63) is 70.1 Å². The Hall–Kier alpha value is -3.26. The van der Waals surface area contributed by atoms with Gasteiger partial charge in [-0.2, -0.15) is 0 Å². The van der Waals surface area contributed by atoms with Gasteiger partial charge in [0, 0.05) is 0 Å². The van der Waals surface area contributed by atoms with E-state index in [2.05, 4.69) is 4.99 Å². The fourth-order valence-corrected chi connectivity index (χ4v) is 3.70. The summed E-state index contributed by atoms with van der Waals surface area (Å²) in [6.45, 7) is 3.99. The predicted molar refractivity (Wildman–Crippen MR) is 115 cm³/mol. The van der Waals surface area contributed by atoms with Crippen LogP contribution >= 0.6 is 11.8 Å². The zero-order valence-corrected chi connectivity index (χ0v) is 17.2. The molecule has 2 aromatic carbocycles. The number of benzene rings is 2. The molecule has 0 fully saturated rings. The van der Waals surface area contributed by atoms with E-state index in [4.69, 9.17) is 9.47 Å². The van der Waals surface area contributed by atoms with Crippen molar-refractivity contribution in [2.45, 2.75) is 13.8 Å². The Morgan fingerprint density at radius 3 is 2.53 bits per heavy atom. The number of thioether (sulfide) groups is 1. The van der Waals surface area contributed by atoms with Crippen LogP contribution in [0.1, 0.15) is 19.4 Å². The molecule has 0 atom stereocenters. The van der Waals surface area contributed by atoms with Crippen molar-refractivity contribution in [3.63, 3.8) is 0 Å². The van der Waals surface area contributed by atoms with Crippen LogP contribution in [-0.4, -0.2) is 34.4 Å². The lowest BCUT2D eigenvalue weighted by Gasteiger charge is -2.07. The minimum atomic E-state index is -0.701. The number of phenolic OH excluding ortho intramolecular Hbond substituents is 1. The van der Waals surface area contributed by atoms with E-state index in [1.165, 1.54) is 30.3 Å². The molecule has 1 aliphatic heterocycles. The van der Waals surface area contributed by atoms with Crippen LogP contribution in [0.25, 0.3) is 6.08 Å². The normalized spacial score (nSPS) is 16.4.